The fraction of sp³-hybridized carbons (Fsp3) is 0.182. The van der Waals surface area contributed by atoms with Gasteiger partial charge in [0, 0.05) is 17.3 Å². The lowest BCUT2D eigenvalue weighted by Gasteiger charge is -2.05. The van der Waals surface area contributed by atoms with Crippen LogP contribution in [-0.4, -0.2) is 6.61 Å². The molecule has 0 unspecified atom stereocenters. The van der Waals surface area contributed by atoms with E-state index in [1.54, 1.807) is 0 Å². The lowest BCUT2D eigenvalue weighted by molar-refractivity contribution is 0.340. The van der Waals surface area contributed by atoms with Gasteiger partial charge in [-0.15, -0.1) is 0 Å². The molecule has 1 rings (SSSR count). The summed E-state index contributed by atoms with van der Waals surface area (Å²) in [5.41, 5.74) is 6.91. The number of hydrogen-bond donors (Lipinski definition) is 1. The summed E-state index contributed by atoms with van der Waals surface area (Å²) in [4.78, 5) is 0. The first-order chi connectivity index (χ1) is 6.77. The van der Waals surface area contributed by atoms with Crippen LogP contribution in [0.4, 0.5) is 0 Å². The van der Waals surface area contributed by atoms with E-state index in [4.69, 9.17) is 15.7 Å². The Kier molecular flexibility index (Phi) is 3.57. The Morgan fingerprint density at radius 3 is 3.07 bits per heavy atom. The SMILES string of the molecule is CCOc1cccc(C(N)=CC#N)c1. The fourth-order valence-corrected chi connectivity index (χ4v) is 1.08. The van der Waals surface area contributed by atoms with Crippen molar-refractivity contribution in [3.05, 3.63) is 35.9 Å². The van der Waals surface area contributed by atoms with Gasteiger partial charge in [-0.3, -0.25) is 0 Å². The van der Waals surface area contributed by atoms with Crippen molar-refractivity contribution in [3.8, 4) is 11.8 Å². The Hall–Kier alpha value is -1.95. The van der Waals surface area contributed by atoms with Crippen molar-refractivity contribution in [1.29, 1.82) is 5.26 Å². The molecule has 0 spiro atoms. The predicted octanol–water partition coefficient (Wildman–Crippen LogP) is 1.91. The molecule has 0 bridgehead atoms. The molecule has 0 radical (unpaired) electrons. The third-order valence-electron chi connectivity index (χ3n) is 1.70. The summed E-state index contributed by atoms with van der Waals surface area (Å²) in [5, 5.41) is 8.43. The van der Waals surface area contributed by atoms with Gasteiger partial charge in [-0.1, -0.05) is 12.1 Å². The molecular weight excluding hydrogens is 176 g/mol. The largest absolute Gasteiger partial charge is 0.494 e. The van der Waals surface area contributed by atoms with Crippen LogP contribution in [-0.2, 0) is 0 Å². The standard InChI is InChI=1S/C11H12N2O/c1-2-14-10-5-3-4-9(8-10)11(13)6-7-12/h3-6,8H,2,13H2,1H3. The number of benzene rings is 1. The van der Waals surface area contributed by atoms with Crippen LogP contribution in [0.3, 0.4) is 0 Å². The second-order valence-corrected chi connectivity index (χ2v) is 2.69. The highest BCUT2D eigenvalue weighted by molar-refractivity contribution is 5.65. The molecule has 14 heavy (non-hydrogen) atoms. The molecule has 0 saturated carbocycles. The zero-order valence-electron chi connectivity index (χ0n) is 8.03. The van der Waals surface area contributed by atoms with Crippen LogP contribution in [0.25, 0.3) is 5.70 Å². The number of rotatable bonds is 3. The number of allylic oxidation sites excluding steroid dienone is 1. The molecule has 72 valence electrons. The highest BCUT2D eigenvalue weighted by Gasteiger charge is 1.98. The molecule has 3 heteroatoms. The highest BCUT2D eigenvalue weighted by atomic mass is 16.5. The Balaban J connectivity index is 2.95. The Morgan fingerprint density at radius 2 is 2.43 bits per heavy atom. The zero-order valence-corrected chi connectivity index (χ0v) is 8.03. The maximum Gasteiger partial charge on any atom is 0.119 e. The van der Waals surface area contributed by atoms with Gasteiger partial charge in [-0.05, 0) is 19.1 Å². The molecule has 2 N–H and O–H groups in total. The summed E-state index contributed by atoms with van der Waals surface area (Å²) < 4.78 is 5.31. The normalized spacial score (nSPS) is 10.7. The van der Waals surface area contributed by atoms with E-state index in [-0.39, 0.29) is 0 Å². The number of nitrogens with two attached hydrogens (primary N) is 1. The number of hydrogen-bond acceptors (Lipinski definition) is 3. The van der Waals surface area contributed by atoms with Gasteiger partial charge >= 0.3 is 0 Å². The van der Waals surface area contributed by atoms with Gasteiger partial charge in [0.05, 0.1) is 12.7 Å². The fourth-order valence-electron chi connectivity index (χ4n) is 1.08. The lowest BCUT2D eigenvalue weighted by Crippen LogP contribution is -1.97. The van der Waals surface area contributed by atoms with Gasteiger partial charge in [-0.2, -0.15) is 5.26 Å². The zero-order chi connectivity index (χ0) is 10.4. The summed E-state index contributed by atoms with van der Waals surface area (Å²) >= 11 is 0. The van der Waals surface area contributed by atoms with Crippen LogP contribution in [0.1, 0.15) is 12.5 Å². The minimum atomic E-state index is 0.453. The average Bonchev–Trinajstić information content (AvgIpc) is 2.19. The van der Waals surface area contributed by atoms with Crippen LogP contribution in [0.5, 0.6) is 5.75 Å². The third-order valence-corrected chi connectivity index (χ3v) is 1.70. The molecular formula is C11H12N2O. The minimum absolute atomic E-state index is 0.453. The molecule has 0 aliphatic rings. The Labute approximate surface area is 83.4 Å². The molecule has 0 aromatic heterocycles. The molecule has 1 aromatic rings. The average molecular weight is 188 g/mol. The van der Waals surface area contributed by atoms with E-state index in [1.807, 2.05) is 37.3 Å². The number of nitriles is 1. The van der Waals surface area contributed by atoms with Crippen molar-refractivity contribution in [2.45, 2.75) is 6.92 Å². The summed E-state index contributed by atoms with van der Waals surface area (Å²) in [6, 6.07) is 9.24. The number of nitrogens with zero attached hydrogens (tertiary/aromatic N) is 1. The highest BCUT2D eigenvalue weighted by Crippen LogP contribution is 2.16. The number of ether oxygens (including phenoxy) is 1. The summed E-state index contributed by atoms with van der Waals surface area (Å²) in [6.07, 6.45) is 1.31. The minimum Gasteiger partial charge on any atom is -0.494 e. The van der Waals surface area contributed by atoms with Gasteiger partial charge in [0.15, 0.2) is 0 Å². The second kappa shape index (κ2) is 4.93. The first-order valence-electron chi connectivity index (χ1n) is 4.36. The lowest BCUT2D eigenvalue weighted by atomic mass is 10.1. The Morgan fingerprint density at radius 1 is 1.64 bits per heavy atom. The van der Waals surface area contributed by atoms with Gasteiger partial charge in [0.1, 0.15) is 5.75 Å². The van der Waals surface area contributed by atoms with E-state index >= 15 is 0 Å². The molecule has 1 aromatic carbocycles. The molecule has 3 nitrogen and oxygen atoms in total. The van der Waals surface area contributed by atoms with Crippen LogP contribution >= 0.6 is 0 Å². The van der Waals surface area contributed by atoms with Crippen molar-refractivity contribution in [2.75, 3.05) is 6.61 Å². The van der Waals surface area contributed by atoms with Gasteiger partial charge in [0.25, 0.3) is 0 Å². The first kappa shape index (κ1) is 10.1. The molecule has 0 aliphatic heterocycles. The smallest absolute Gasteiger partial charge is 0.119 e. The van der Waals surface area contributed by atoms with Gasteiger partial charge < -0.3 is 10.5 Å². The third kappa shape index (κ3) is 2.53. The predicted molar refractivity (Wildman–Crippen MR) is 55.4 cm³/mol. The molecule has 0 atom stereocenters. The van der Waals surface area contributed by atoms with Crippen LogP contribution < -0.4 is 10.5 Å². The molecule has 0 fully saturated rings. The van der Waals surface area contributed by atoms with Crippen LogP contribution in [0.2, 0.25) is 0 Å². The molecule has 0 aliphatic carbocycles. The topological polar surface area (TPSA) is 59.0 Å². The quantitative estimate of drug-likeness (QED) is 0.737. The van der Waals surface area contributed by atoms with Crippen molar-refractivity contribution in [3.63, 3.8) is 0 Å². The van der Waals surface area contributed by atoms with E-state index in [0.717, 1.165) is 11.3 Å². The Bertz CT molecular complexity index is 377. The van der Waals surface area contributed by atoms with Crippen molar-refractivity contribution < 1.29 is 4.74 Å². The van der Waals surface area contributed by atoms with Crippen LogP contribution in [0, 0.1) is 11.3 Å². The van der Waals surface area contributed by atoms with E-state index in [2.05, 4.69) is 0 Å². The van der Waals surface area contributed by atoms with Crippen molar-refractivity contribution in [1.82, 2.24) is 0 Å². The van der Waals surface area contributed by atoms with Gasteiger partial charge in [0.2, 0.25) is 0 Å². The maximum absolute atomic E-state index is 8.43. The van der Waals surface area contributed by atoms with E-state index in [9.17, 15) is 0 Å². The van der Waals surface area contributed by atoms with Crippen LogP contribution in [0.15, 0.2) is 30.3 Å². The first-order valence-corrected chi connectivity index (χ1v) is 4.36. The second-order valence-electron chi connectivity index (χ2n) is 2.69. The summed E-state index contributed by atoms with van der Waals surface area (Å²) in [6.45, 7) is 2.53. The van der Waals surface area contributed by atoms with Crippen molar-refractivity contribution in [2.24, 2.45) is 5.73 Å². The summed E-state index contributed by atoms with van der Waals surface area (Å²) in [7, 11) is 0. The molecule has 0 saturated heterocycles. The van der Waals surface area contributed by atoms with E-state index in [0.29, 0.717) is 12.3 Å². The van der Waals surface area contributed by atoms with E-state index < -0.39 is 0 Å². The summed E-state index contributed by atoms with van der Waals surface area (Å²) in [5.74, 6) is 0.763. The van der Waals surface area contributed by atoms with Gasteiger partial charge in [-0.25, -0.2) is 0 Å². The monoisotopic (exact) mass is 188 g/mol. The van der Waals surface area contributed by atoms with E-state index in [1.165, 1.54) is 6.08 Å². The molecule has 0 amide bonds. The molecule has 0 heterocycles. The maximum atomic E-state index is 8.43. The van der Waals surface area contributed by atoms with Crippen molar-refractivity contribution >= 4 is 5.70 Å².